The Hall–Kier alpha value is -0.170. The minimum Gasteiger partial charge on any atom is -0.384 e. The van der Waals surface area contributed by atoms with E-state index in [1.54, 1.807) is 7.11 Å². The number of hydrogen-bond acceptors (Lipinski definition) is 4. The molecule has 0 fully saturated rings. The van der Waals surface area contributed by atoms with Gasteiger partial charge in [-0.3, -0.25) is 0 Å². The third-order valence-corrected chi connectivity index (χ3v) is 3.25. The zero-order valence-electron chi connectivity index (χ0n) is 9.75. The molecule has 1 atom stereocenters. The SMILES string of the molecule is CCNCCS(=O)(=O)NCC(C)COC. The van der Waals surface area contributed by atoms with Crippen molar-refractivity contribution in [2.24, 2.45) is 5.92 Å². The van der Waals surface area contributed by atoms with E-state index in [1.807, 2.05) is 13.8 Å². The number of hydrogen-bond donors (Lipinski definition) is 2. The average molecular weight is 238 g/mol. The number of ether oxygens (including phenoxy) is 1. The molecule has 0 aliphatic carbocycles. The fraction of sp³-hybridized carbons (Fsp3) is 1.00. The van der Waals surface area contributed by atoms with E-state index in [2.05, 4.69) is 10.0 Å². The van der Waals surface area contributed by atoms with E-state index in [0.29, 0.717) is 19.7 Å². The summed E-state index contributed by atoms with van der Waals surface area (Å²) in [5, 5.41) is 2.97. The van der Waals surface area contributed by atoms with E-state index in [0.717, 1.165) is 6.54 Å². The highest BCUT2D eigenvalue weighted by Gasteiger charge is 2.11. The van der Waals surface area contributed by atoms with Gasteiger partial charge in [0.15, 0.2) is 0 Å². The normalized spacial score (nSPS) is 14.1. The lowest BCUT2D eigenvalue weighted by Crippen LogP contribution is -2.35. The molecule has 0 rings (SSSR count). The highest BCUT2D eigenvalue weighted by Crippen LogP contribution is 1.94. The largest absolute Gasteiger partial charge is 0.384 e. The van der Waals surface area contributed by atoms with Crippen molar-refractivity contribution in [3.8, 4) is 0 Å². The molecule has 15 heavy (non-hydrogen) atoms. The van der Waals surface area contributed by atoms with Crippen LogP contribution in [0.1, 0.15) is 13.8 Å². The van der Waals surface area contributed by atoms with Crippen molar-refractivity contribution < 1.29 is 13.2 Å². The van der Waals surface area contributed by atoms with E-state index in [4.69, 9.17) is 4.74 Å². The summed E-state index contributed by atoms with van der Waals surface area (Å²) in [7, 11) is -1.53. The molecule has 0 saturated carbocycles. The van der Waals surface area contributed by atoms with Crippen LogP contribution in [0, 0.1) is 5.92 Å². The molecule has 92 valence electrons. The summed E-state index contributed by atoms with van der Waals surface area (Å²) in [5.74, 6) is 0.324. The molecule has 1 unspecified atom stereocenters. The Morgan fingerprint density at radius 3 is 2.60 bits per heavy atom. The third kappa shape index (κ3) is 8.80. The predicted molar refractivity (Wildman–Crippen MR) is 61.4 cm³/mol. The van der Waals surface area contributed by atoms with Gasteiger partial charge in [-0.05, 0) is 12.5 Å². The van der Waals surface area contributed by atoms with E-state index in [-0.39, 0.29) is 11.7 Å². The lowest BCUT2D eigenvalue weighted by Gasteiger charge is -2.11. The van der Waals surface area contributed by atoms with Crippen LogP contribution in [0.2, 0.25) is 0 Å². The van der Waals surface area contributed by atoms with Crippen LogP contribution in [-0.4, -0.2) is 47.5 Å². The lowest BCUT2D eigenvalue weighted by atomic mass is 10.2. The summed E-state index contributed by atoms with van der Waals surface area (Å²) in [6.07, 6.45) is 0. The van der Waals surface area contributed by atoms with Crippen molar-refractivity contribution >= 4 is 10.0 Å². The molecule has 0 saturated heterocycles. The quantitative estimate of drug-likeness (QED) is 0.546. The van der Waals surface area contributed by atoms with Crippen molar-refractivity contribution in [3.63, 3.8) is 0 Å². The van der Waals surface area contributed by atoms with Crippen molar-refractivity contribution in [2.75, 3.05) is 39.1 Å². The fourth-order valence-corrected chi connectivity index (χ4v) is 2.16. The van der Waals surface area contributed by atoms with Crippen LogP contribution in [0.4, 0.5) is 0 Å². The molecule has 0 amide bonds. The minimum atomic E-state index is -3.14. The van der Waals surface area contributed by atoms with Gasteiger partial charge in [-0.1, -0.05) is 13.8 Å². The van der Waals surface area contributed by atoms with Crippen LogP contribution in [0.5, 0.6) is 0 Å². The third-order valence-electron chi connectivity index (χ3n) is 1.90. The number of methoxy groups -OCH3 is 1. The maximum Gasteiger partial charge on any atom is 0.212 e. The van der Waals surface area contributed by atoms with Crippen LogP contribution >= 0.6 is 0 Å². The molecule has 0 bridgehead atoms. The summed E-state index contributed by atoms with van der Waals surface area (Å²) in [5.41, 5.74) is 0. The topological polar surface area (TPSA) is 67.4 Å². The summed E-state index contributed by atoms with van der Waals surface area (Å²) in [6, 6.07) is 0. The maximum absolute atomic E-state index is 11.4. The van der Waals surface area contributed by atoms with Gasteiger partial charge in [-0.25, -0.2) is 13.1 Å². The molecule has 0 heterocycles. The Balaban J connectivity index is 3.73. The van der Waals surface area contributed by atoms with Gasteiger partial charge in [0, 0.05) is 26.8 Å². The Kier molecular flexibility index (Phi) is 7.95. The molecule has 6 heteroatoms. The van der Waals surface area contributed by atoms with Crippen LogP contribution in [-0.2, 0) is 14.8 Å². The van der Waals surface area contributed by atoms with Gasteiger partial charge in [-0.2, -0.15) is 0 Å². The van der Waals surface area contributed by atoms with Crippen molar-refractivity contribution in [2.45, 2.75) is 13.8 Å². The van der Waals surface area contributed by atoms with Gasteiger partial charge in [-0.15, -0.1) is 0 Å². The fourth-order valence-electron chi connectivity index (χ4n) is 1.07. The first-order valence-electron chi connectivity index (χ1n) is 5.18. The second-order valence-corrected chi connectivity index (χ2v) is 5.51. The molecular weight excluding hydrogens is 216 g/mol. The molecule has 0 spiro atoms. The zero-order chi connectivity index (χ0) is 11.7. The predicted octanol–water partition coefficient (Wildman–Crippen LogP) is -0.202. The Labute approximate surface area is 92.6 Å². The standard InChI is InChI=1S/C9H22N2O3S/c1-4-10-5-6-15(12,13)11-7-9(2)8-14-3/h9-11H,4-8H2,1-3H3. The first-order chi connectivity index (χ1) is 7.02. The first kappa shape index (κ1) is 14.8. The smallest absolute Gasteiger partial charge is 0.212 e. The molecule has 5 nitrogen and oxygen atoms in total. The highest BCUT2D eigenvalue weighted by atomic mass is 32.2. The summed E-state index contributed by atoms with van der Waals surface area (Å²) in [6.45, 7) is 6.16. The lowest BCUT2D eigenvalue weighted by molar-refractivity contribution is 0.161. The van der Waals surface area contributed by atoms with E-state index in [9.17, 15) is 8.42 Å². The highest BCUT2D eigenvalue weighted by molar-refractivity contribution is 7.89. The molecular formula is C9H22N2O3S. The Bertz CT molecular complexity index is 242. The average Bonchev–Trinajstić information content (AvgIpc) is 2.16. The van der Waals surface area contributed by atoms with Crippen molar-refractivity contribution in [3.05, 3.63) is 0 Å². The molecule has 0 aromatic carbocycles. The van der Waals surface area contributed by atoms with E-state index < -0.39 is 10.0 Å². The molecule has 0 aliphatic heterocycles. The van der Waals surface area contributed by atoms with Crippen LogP contribution < -0.4 is 10.0 Å². The second kappa shape index (κ2) is 8.04. The second-order valence-electron chi connectivity index (χ2n) is 3.58. The van der Waals surface area contributed by atoms with E-state index >= 15 is 0 Å². The Morgan fingerprint density at radius 2 is 2.07 bits per heavy atom. The summed E-state index contributed by atoms with van der Waals surface area (Å²) < 4.78 is 30.3. The van der Waals surface area contributed by atoms with Crippen molar-refractivity contribution in [1.29, 1.82) is 0 Å². The first-order valence-corrected chi connectivity index (χ1v) is 6.84. The maximum atomic E-state index is 11.4. The van der Waals surface area contributed by atoms with Gasteiger partial charge in [0.05, 0.1) is 5.75 Å². The van der Waals surface area contributed by atoms with E-state index in [1.165, 1.54) is 0 Å². The van der Waals surface area contributed by atoms with Crippen LogP contribution in [0.15, 0.2) is 0 Å². The minimum absolute atomic E-state index is 0.126. The molecule has 2 N–H and O–H groups in total. The van der Waals surface area contributed by atoms with Gasteiger partial charge in [0.2, 0.25) is 10.0 Å². The number of nitrogens with one attached hydrogen (secondary N) is 2. The van der Waals surface area contributed by atoms with Crippen molar-refractivity contribution in [1.82, 2.24) is 10.0 Å². The Morgan fingerprint density at radius 1 is 1.40 bits per heavy atom. The molecule has 0 aliphatic rings. The van der Waals surface area contributed by atoms with Gasteiger partial charge in [0.25, 0.3) is 0 Å². The van der Waals surface area contributed by atoms with Crippen LogP contribution in [0.25, 0.3) is 0 Å². The molecule has 0 radical (unpaired) electrons. The molecule has 0 aromatic heterocycles. The van der Waals surface area contributed by atoms with Gasteiger partial charge < -0.3 is 10.1 Å². The summed E-state index contributed by atoms with van der Waals surface area (Å²) >= 11 is 0. The zero-order valence-corrected chi connectivity index (χ0v) is 10.6. The van der Waals surface area contributed by atoms with Gasteiger partial charge in [0.1, 0.15) is 0 Å². The number of sulfonamides is 1. The summed E-state index contributed by atoms with van der Waals surface area (Å²) in [4.78, 5) is 0. The number of rotatable bonds is 9. The van der Waals surface area contributed by atoms with Crippen LogP contribution in [0.3, 0.4) is 0 Å². The monoisotopic (exact) mass is 238 g/mol. The van der Waals surface area contributed by atoms with Gasteiger partial charge >= 0.3 is 0 Å². The molecule has 0 aromatic rings.